The Morgan fingerprint density at radius 3 is 2.30 bits per heavy atom. The summed E-state index contributed by atoms with van der Waals surface area (Å²) in [6, 6.07) is 9.72. The summed E-state index contributed by atoms with van der Waals surface area (Å²) >= 11 is 11.7. The van der Waals surface area contributed by atoms with Crippen molar-refractivity contribution in [3.8, 4) is 0 Å². The van der Waals surface area contributed by atoms with Gasteiger partial charge in [-0.25, -0.2) is 4.39 Å². The van der Waals surface area contributed by atoms with E-state index < -0.39 is 30.2 Å². The standard InChI is InChI=1S/C18H15Cl2FN2O4/c19-11-1-6-15(14(20)9-11)23-16(24)7-8-18(26)27-10-17(25)22-13-4-2-12(21)3-5-13/h1-6,9H,7-8,10H2,(H,22,25)(H,23,24). The number of anilines is 2. The predicted molar refractivity (Wildman–Crippen MR) is 100 cm³/mol. The van der Waals surface area contributed by atoms with E-state index >= 15 is 0 Å². The number of hydrogen-bond acceptors (Lipinski definition) is 4. The Hall–Kier alpha value is -2.64. The van der Waals surface area contributed by atoms with Gasteiger partial charge in [0.1, 0.15) is 5.82 Å². The summed E-state index contributed by atoms with van der Waals surface area (Å²) in [5.41, 5.74) is 0.745. The van der Waals surface area contributed by atoms with Gasteiger partial charge in [0, 0.05) is 17.1 Å². The van der Waals surface area contributed by atoms with Gasteiger partial charge in [-0.15, -0.1) is 0 Å². The number of ether oxygens (including phenoxy) is 1. The van der Waals surface area contributed by atoms with Crippen LogP contribution in [0.15, 0.2) is 42.5 Å². The maximum absolute atomic E-state index is 12.8. The molecule has 9 heteroatoms. The molecular weight excluding hydrogens is 398 g/mol. The molecular formula is C18H15Cl2FN2O4. The van der Waals surface area contributed by atoms with Crippen molar-refractivity contribution in [2.45, 2.75) is 12.8 Å². The van der Waals surface area contributed by atoms with E-state index in [1.54, 1.807) is 12.1 Å². The maximum Gasteiger partial charge on any atom is 0.306 e. The van der Waals surface area contributed by atoms with Crippen molar-refractivity contribution in [2.75, 3.05) is 17.2 Å². The Kier molecular flexibility index (Phi) is 7.57. The first kappa shape index (κ1) is 20.7. The molecule has 0 aliphatic carbocycles. The van der Waals surface area contributed by atoms with Gasteiger partial charge in [0.25, 0.3) is 5.91 Å². The molecule has 0 radical (unpaired) electrons. The van der Waals surface area contributed by atoms with E-state index in [0.29, 0.717) is 16.4 Å². The molecule has 0 saturated carbocycles. The van der Waals surface area contributed by atoms with Crippen LogP contribution in [-0.2, 0) is 19.1 Å². The molecule has 0 heterocycles. The number of carbonyl (C=O) groups is 3. The van der Waals surface area contributed by atoms with Crippen LogP contribution in [-0.4, -0.2) is 24.4 Å². The zero-order valence-corrected chi connectivity index (χ0v) is 15.4. The van der Waals surface area contributed by atoms with Gasteiger partial charge >= 0.3 is 5.97 Å². The molecule has 0 aromatic heterocycles. The molecule has 6 nitrogen and oxygen atoms in total. The lowest BCUT2D eigenvalue weighted by Crippen LogP contribution is -2.21. The van der Waals surface area contributed by atoms with E-state index in [1.165, 1.54) is 30.3 Å². The van der Waals surface area contributed by atoms with Crippen LogP contribution in [0.1, 0.15) is 12.8 Å². The Balaban J connectivity index is 1.69. The Bertz CT molecular complexity index is 844. The summed E-state index contributed by atoms with van der Waals surface area (Å²) in [5.74, 6) is -2.15. The minimum atomic E-state index is -0.707. The van der Waals surface area contributed by atoms with Crippen molar-refractivity contribution in [1.82, 2.24) is 0 Å². The van der Waals surface area contributed by atoms with Gasteiger partial charge in [0.05, 0.1) is 17.1 Å². The zero-order valence-electron chi connectivity index (χ0n) is 13.9. The first-order valence-corrected chi connectivity index (χ1v) is 8.55. The van der Waals surface area contributed by atoms with Gasteiger partial charge in [-0.05, 0) is 42.5 Å². The van der Waals surface area contributed by atoms with E-state index in [1.807, 2.05) is 0 Å². The van der Waals surface area contributed by atoms with Crippen LogP contribution in [0.25, 0.3) is 0 Å². The third kappa shape index (κ3) is 7.24. The van der Waals surface area contributed by atoms with E-state index in [2.05, 4.69) is 10.6 Å². The van der Waals surface area contributed by atoms with Crippen LogP contribution in [0.2, 0.25) is 10.0 Å². The van der Waals surface area contributed by atoms with E-state index in [4.69, 9.17) is 27.9 Å². The molecule has 0 fully saturated rings. The normalized spacial score (nSPS) is 10.2. The molecule has 0 atom stereocenters. The van der Waals surface area contributed by atoms with Crippen molar-refractivity contribution >= 4 is 52.4 Å². The van der Waals surface area contributed by atoms with Crippen molar-refractivity contribution in [3.05, 3.63) is 58.3 Å². The summed E-state index contributed by atoms with van der Waals surface area (Å²) in [7, 11) is 0. The number of esters is 1. The summed E-state index contributed by atoms with van der Waals surface area (Å²) in [5, 5.41) is 5.70. The first-order chi connectivity index (χ1) is 12.8. The molecule has 142 valence electrons. The number of hydrogen-bond donors (Lipinski definition) is 2. The highest BCUT2D eigenvalue weighted by molar-refractivity contribution is 6.36. The number of rotatable bonds is 7. The molecule has 2 rings (SSSR count). The highest BCUT2D eigenvalue weighted by atomic mass is 35.5. The number of amides is 2. The smallest absolute Gasteiger partial charge is 0.306 e. The predicted octanol–water partition coefficient (Wildman–Crippen LogP) is 4.03. The molecule has 0 spiro atoms. The Morgan fingerprint density at radius 1 is 0.926 bits per heavy atom. The van der Waals surface area contributed by atoms with Gasteiger partial charge in [0.2, 0.25) is 5.91 Å². The van der Waals surface area contributed by atoms with Crippen LogP contribution in [0.3, 0.4) is 0 Å². The zero-order chi connectivity index (χ0) is 19.8. The lowest BCUT2D eigenvalue weighted by molar-refractivity contribution is -0.147. The third-order valence-electron chi connectivity index (χ3n) is 3.25. The van der Waals surface area contributed by atoms with E-state index in [9.17, 15) is 18.8 Å². The van der Waals surface area contributed by atoms with Gasteiger partial charge in [-0.1, -0.05) is 23.2 Å². The average Bonchev–Trinajstić information content (AvgIpc) is 2.62. The minimum absolute atomic E-state index is 0.141. The fourth-order valence-electron chi connectivity index (χ4n) is 1.97. The molecule has 2 aromatic rings. The van der Waals surface area contributed by atoms with Crippen molar-refractivity contribution < 1.29 is 23.5 Å². The van der Waals surface area contributed by atoms with Gasteiger partial charge < -0.3 is 15.4 Å². The average molecular weight is 413 g/mol. The lowest BCUT2D eigenvalue weighted by atomic mass is 10.2. The number of nitrogens with one attached hydrogen (secondary N) is 2. The molecule has 2 N–H and O–H groups in total. The summed E-state index contributed by atoms with van der Waals surface area (Å²) in [6.07, 6.45) is -0.349. The van der Waals surface area contributed by atoms with Crippen LogP contribution in [0, 0.1) is 5.82 Å². The number of carbonyl (C=O) groups excluding carboxylic acids is 3. The summed E-state index contributed by atoms with van der Waals surface area (Å²) < 4.78 is 17.6. The maximum atomic E-state index is 12.8. The highest BCUT2D eigenvalue weighted by Crippen LogP contribution is 2.25. The van der Waals surface area contributed by atoms with Crippen LogP contribution < -0.4 is 10.6 Å². The highest BCUT2D eigenvalue weighted by Gasteiger charge is 2.12. The second-order valence-corrected chi connectivity index (χ2v) is 6.23. The van der Waals surface area contributed by atoms with E-state index in [-0.39, 0.29) is 17.9 Å². The summed E-state index contributed by atoms with van der Waals surface area (Å²) in [6.45, 7) is -0.513. The minimum Gasteiger partial charge on any atom is -0.456 e. The molecule has 2 aromatic carbocycles. The van der Waals surface area contributed by atoms with Gasteiger partial charge in [-0.3, -0.25) is 14.4 Å². The van der Waals surface area contributed by atoms with Crippen molar-refractivity contribution in [3.63, 3.8) is 0 Å². The van der Waals surface area contributed by atoms with E-state index in [0.717, 1.165) is 0 Å². The van der Waals surface area contributed by atoms with Crippen molar-refractivity contribution in [1.29, 1.82) is 0 Å². The monoisotopic (exact) mass is 412 g/mol. The number of benzene rings is 2. The Morgan fingerprint density at radius 2 is 1.63 bits per heavy atom. The van der Waals surface area contributed by atoms with Crippen molar-refractivity contribution in [2.24, 2.45) is 0 Å². The topological polar surface area (TPSA) is 84.5 Å². The number of halogens is 3. The Labute approximate surface area is 164 Å². The fourth-order valence-corrected chi connectivity index (χ4v) is 2.42. The molecule has 0 bridgehead atoms. The molecule has 27 heavy (non-hydrogen) atoms. The fraction of sp³-hybridized carbons (Fsp3) is 0.167. The summed E-state index contributed by atoms with van der Waals surface area (Å²) in [4.78, 5) is 35.1. The van der Waals surface area contributed by atoms with Crippen LogP contribution in [0.5, 0.6) is 0 Å². The van der Waals surface area contributed by atoms with Gasteiger partial charge in [0.15, 0.2) is 6.61 Å². The van der Waals surface area contributed by atoms with Gasteiger partial charge in [-0.2, -0.15) is 0 Å². The van der Waals surface area contributed by atoms with Crippen LogP contribution in [0.4, 0.5) is 15.8 Å². The second-order valence-electron chi connectivity index (χ2n) is 5.39. The molecule has 0 unspecified atom stereocenters. The first-order valence-electron chi connectivity index (χ1n) is 7.79. The quantitative estimate of drug-likeness (QED) is 0.672. The second kappa shape index (κ2) is 9.89. The SMILES string of the molecule is O=C(COC(=O)CCC(=O)Nc1ccc(Cl)cc1Cl)Nc1ccc(F)cc1. The third-order valence-corrected chi connectivity index (χ3v) is 3.80. The molecule has 0 aliphatic heterocycles. The molecule has 0 saturated heterocycles. The molecule has 2 amide bonds. The lowest BCUT2D eigenvalue weighted by Gasteiger charge is -2.08. The largest absolute Gasteiger partial charge is 0.456 e. The van der Waals surface area contributed by atoms with Crippen LogP contribution >= 0.6 is 23.2 Å². The molecule has 0 aliphatic rings.